The van der Waals surface area contributed by atoms with Gasteiger partial charge in [-0.1, -0.05) is 6.92 Å². The first-order valence-corrected chi connectivity index (χ1v) is 6.29. The Labute approximate surface area is 118 Å². The number of hydrogen-bond acceptors (Lipinski definition) is 3. The molecule has 0 atom stereocenters. The fraction of sp³-hybridized carbons (Fsp3) is 0.385. The molecule has 0 saturated carbocycles. The van der Waals surface area contributed by atoms with Crippen molar-refractivity contribution in [2.45, 2.75) is 19.7 Å². The van der Waals surface area contributed by atoms with E-state index in [4.69, 9.17) is 0 Å². The summed E-state index contributed by atoms with van der Waals surface area (Å²) >= 11 is 0. The number of carbonyl (C=O) groups is 2. The van der Waals surface area contributed by atoms with Crippen LogP contribution in [-0.4, -0.2) is 36.3 Å². The first-order chi connectivity index (χ1) is 9.81. The molecule has 114 valence electrons. The number of nitrogens with zero attached hydrogens (tertiary/aromatic N) is 2. The Bertz CT molecular complexity index is 543. The van der Waals surface area contributed by atoms with Gasteiger partial charge in [-0.15, -0.1) is 13.2 Å². The lowest BCUT2D eigenvalue weighted by Crippen LogP contribution is -2.33. The molecule has 1 saturated heterocycles. The van der Waals surface area contributed by atoms with Crippen LogP contribution >= 0.6 is 0 Å². The van der Waals surface area contributed by atoms with Crippen molar-refractivity contribution >= 4 is 17.6 Å². The molecule has 0 bridgehead atoms. The van der Waals surface area contributed by atoms with Crippen LogP contribution in [0.1, 0.15) is 13.3 Å². The van der Waals surface area contributed by atoms with Crippen molar-refractivity contribution in [1.29, 1.82) is 0 Å². The first kappa shape index (κ1) is 15.1. The van der Waals surface area contributed by atoms with Crippen molar-refractivity contribution in [3.8, 4) is 5.75 Å². The van der Waals surface area contributed by atoms with Crippen molar-refractivity contribution < 1.29 is 27.5 Å². The van der Waals surface area contributed by atoms with Crippen LogP contribution in [0.3, 0.4) is 0 Å². The van der Waals surface area contributed by atoms with Crippen LogP contribution in [0.25, 0.3) is 0 Å². The third kappa shape index (κ3) is 3.45. The number of urea groups is 1. The van der Waals surface area contributed by atoms with E-state index < -0.39 is 24.1 Å². The number of amides is 3. The average Bonchev–Trinajstić information content (AvgIpc) is 2.65. The lowest BCUT2D eigenvalue weighted by Gasteiger charge is -2.17. The molecule has 0 unspecified atom stereocenters. The summed E-state index contributed by atoms with van der Waals surface area (Å²) in [6.07, 6.45) is -4.07. The third-order valence-corrected chi connectivity index (χ3v) is 2.86. The molecular weight excluding hydrogens is 289 g/mol. The highest BCUT2D eigenvalue weighted by atomic mass is 19.4. The summed E-state index contributed by atoms with van der Waals surface area (Å²) in [4.78, 5) is 26.2. The summed E-state index contributed by atoms with van der Waals surface area (Å²) < 4.78 is 39.9. The number of benzene rings is 1. The van der Waals surface area contributed by atoms with Crippen LogP contribution in [0.4, 0.5) is 23.7 Å². The minimum absolute atomic E-state index is 0.0204. The van der Waals surface area contributed by atoms with E-state index in [0.29, 0.717) is 13.0 Å². The van der Waals surface area contributed by atoms with Crippen molar-refractivity contribution in [3.63, 3.8) is 0 Å². The monoisotopic (exact) mass is 302 g/mol. The summed E-state index contributed by atoms with van der Waals surface area (Å²) in [5, 5.41) is 0. The lowest BCUT2D eigenvalue weighted by molar-refractivity contribution is -0.274. The van der Waals surface area contributed by atoms with Gasteiger partial charge in [0.2, 0.25) is 0 Å². The van der Waals surface area contributed by atoms with Gasteiger partial charge in [0, 0.05) is 6.54 Å². The van der Waals surface area contributed by atoms with E-state index in [1.54, 1.807) is 0 Å². The number of carbonyl (C=O) groups excluding carboxylic acids is 2. The fourth-order valence-corrected chi connectivity index (χ4v) is 2.05. The molecule has 0 aliphatic carbocycles. The molecule has 1 aromatic rings. The number of halogens is 3. The zero-order valence-electron chi connectivity index (χ0n) is 11.2. The predicted octanol–water partition coefficient (Wildman–Crippen LogP) is 2.76. The Balaban J connectivity index is 2.15. The van der Waals surface area contributed by atoms with Gasteiger partial charge in [-0.2, -0.15) is 0 Å². The third-order valence-electron chi connectivity index (χ3n) is 2.86. The van der Waals surface area contributed by atoms with Gasteiger partial charge in [-0.3, -0.25) is 4.79 Å². The summed E-state index contributed by atoms with van der Waals surface area (Å²) in [6.45, 7) is 2.31. The van der Waals surface area contributed by atoms with Gasteiger partial charge in [0.15, 0.2) is 0 Å². The van der Waals surface area contributed by atoms with E-state index in [-0.39, 0.29) is 12.2 Å². The number of hydrogen-bond donors (Lipinski definition) is 0. The molecule has 1 aliphatic heterocycles. The highest BCUT2D eigenvalue weighted by Crippen LogP contribution is 2.27. The molecule has 5 nitrogen and oxygen atoms in total. The maximum Gasteiger partial charge on any atom is 0.573 e. The Kier molecular flexibility index (Phi) is 4.06. The molecular formula is C13H13F3N2O3. The lowest BCUT2D eigenvalue weighted by atomic mass is 10.3. The largest absolute Gasteiger partial charge is 0.573 e. The number of ether oxygens (including phenoxy) is 1. The van der Waals surface area contributed by atoms with Crippen molar-refractivity contribution in [1.82, 2.24) is 4.90 Å². The number of imide groups is 1. The average molecular weight is 302 g/mol. The van der Waals surface area contributed by atoms with Gasteiger partial charge in [0.25, 0.3) is 5.91 Å². The van der Waals surface area contributed by atoms with Gasteiger partial charge in [-0.25, -0.2) is 9.69 Å². The second-order valence-corrected chi connectivity index (χ2v) is 4.47. The Morgan fingerprint density at radius 1 is 1.19 bits per heavy atom. The van der Waals surface area contributed by atoms with Crippen LogP contribution in [0, 0.1) is 0 Å². The van der Waals surface area contributed by atoms with Crippen molar-refractivity contribution in [3.05, 3.63) is 24.3 Å². The van der Waals surface area contributed by atoms with Gasteiger partial charge in [-0.05, 0) is 30.7 Å². The molecule has 8 heteroatoms. The van der Waals surface area contributed by atoms with Gasteiger partial charge < -0.3 is 9.64 Å². The van der Waals surface area contributed by atoms with Crippen LogP contribution in [0.15, 0.2) is 24.3 Å². The van der Waals surface area contributed by atoms with Gasteiger partial charge >= 0.3 is 12.4 Å². The van der Waals surface area contributed by atoms with Crippen molar-refractivity contribution in [2.75, 3.05) is 18.0 Å². The smallest absolute Gasteiger partial charge is 0.406 e. The molecule has 1 aromatic carbocycles. The molecule has 3 amide bonds. The van der Waals surface area contributed by atoms with E-state index in [0.717, 1.165) is 17.0 Å². The molecule has 0 spiro atoms. The van der Waals surface area contributed by atoms with E-state index in [9.17, 15) is 22.8 Å². The SMILES string of the molecule is CCCN1CC(=O)N(c2ccc(OC(F)(F)F)cc2)C1=O. The standard InChI is InChI=1S/C13H13F3N2O3/c1-2-7-17-8-11(19)18(12(17)20)9-3-5-10(6-4-9)21-13(14,15)16/h3-6H,2,7-8H2,1H3. The van der Waals surface area contributed by atoms with E-state index >= 15 is 0 Å². The van der Waals surface area contributed by atoms with Crippen LogP contribution in [0.2, 0.25) is 0 Å². The predicted molar refractivity (Wildman–Crippen MR) is 67.9 cm³/mol. The highest BCUT2D eigenvalue weighted by molar-refractivity contribution is 6.19. The molecule has 1 aliphatic rings. The molecule has 21 heavy (non-hydrogen) atoms. The van der Waals surface area contributed by atoms with Crippen LogP contribution in [-0.2, 0) is 4.79 Å². The fourth-order valence-electron chi connectivity index (χ4n) is 2.05. The van der Waals surface area contributed by atoms with Gasteiger partial charge in [0.1, 0.15) is 12.3 Å². The molecule has 0 radical (unpaired) electrons. The topological polar surface area (TPSA) is 49.9 Å². The molecule has 0 N–H and O–H groups in total. The normalized spacial score (nSPS) is 15.8. The first-order valence-electron chi connectivity index (χ1n) is 6.29. The molecule has 2 rings (SSSR count). The summed E-state index contributed by atoms with van der Waals surface area (Å²) in [5.74, 6) is -0.811. The second kappa shape index (κ2) is 5.63. The van der Waals surface area contributed by atoms with E-state index in [1.807, 2.05) is 6.92 Å². The van der Waals surface area contributed by atoms with Crippen molar-refractivity contribution in [2.24, 2.45) is 0 Å². The Hall–Kier alpha value is -2.25. The summed E-state index contributed by atoms with van der Waals surface area (Å²) in [7, 11) is 0. The quantitative estimate of drug-likeness (QED) is 0.804. The minimum Gasteiger partial charge on any atom is -0.406 e. The minimum atomic E-state index is -4.78. The van der Waals surface area contributed by atoms with E-state index in [2.05, 4.69) is 4.74 Å². The molecule has 1 heterocycles. The molecule has 1 fully saturated rings. The highest BCUT2D eigenvalue weighted by Gasteiger charge is 2.36. The Morgan fingerprint density at radius 2 is 1.81 bits per heavy atom. The second-order valence-electron chi connectivity index (χ2n) is 4.47. The number of anilines is 1. The van der Waals surface area contributed by atoms with E-state index in [1.165, 1.54) is 17.0 Å². The zero-order valence-corrected chi connectivity index (χ0v) is 11.2. The summed E-state index contributed by atoms with van der Waals surface area (Å²) in [5.41, 5.74) is 0.220. The summed E-state index contributed by atoms with van der Waals surface area (Å²) in [6, 6.07) is 4.14. The number of alkyl halides is 3. The zero-order chi connectivity index (χ0) is 15.6. The number of rotatable bonds is 4. The molecule has 0 aromatic heterocycles. The van der Waals surface area contributed by atoms with Crippen LogP contribution < -0.4 is 9.64 Å². The maximum absolute atomic E-state index is 12.1. The maximum atomic E-state index is 12.1. The Morgan fingerprint density at radius 3 is 2.33 bits per heavy atom. The van der Waals surface area contributed by atoms with Crippen LogP contribution in [0.5, 0.6) is 5.75 Å². The van der Waals surface area contributed by atoms with Gasteiger partial charge in [0.05, 0.1) is 5.69 Å².